The lowest BCUT2D eigenvalue weighted by Gasteiger charge is -2.39. The number of rotatable bonds is 2. The zero-order valence-electron chi connectivity index (χ0n) is 9.60. The molecule has 2 rings (SSSR count). The van der Waals surface area contributed by atoms with Gasteiger partial charge in [-0.1, -0.05) is 39.0 Å². The first-order valence-corrected chi connectivity index (χ1v) is 6.53. The van der Waals surface area contributed by atoms with Crippen molar-refractivity contribution >= 4 is 0 Å². The Kier molecular flexibility index (Phi) is 3.16. The Morgan fingerprint density at radius 3 is 2.14 bits per heavy atom. The Balaban J connectivity index is 1.88. The summed E-state index contributed by atoms with van der Waals surface area (Å²) in [4.78, 5) is 0. The molecule has 0 heterocycles. The standard InChI is InChI=1S/C13H25N/c1-2-11-5-7-12(8-6-11)13(14)9-3-4-10-13/h11-12H,2-10,14H2,1H3. The molecule has 0 aliphatic heterocycles. The van der Waals surface area contributed by atoms with Crippen LogP contribution in [0.4, 0.5) is 0 Å². The lowest BCUT2D eigenvalue weighted by Crippen LogP contribution is -2.45. The van der Waals surface area contributed by atoms with Gasteiger partial charge >= 0.3 is 0 Å². The Bertz CT molecular complexity index is 174. The van der Waals surface area contributed by atoms with Crippen molar-refractivity contribution in [3.8, 4) is 0 Å². The number of nitrogens with two attached hydrogens (primary N) is 1. The molecule has 0 bridgehead atoms. The molecule has 0 atom stereocenters. The van der Waals surface area contributed by atoms with Gasteiger partial charge < -0.3 is 5.73 Å². The predicted octanol–water partition coefficient (Wildman–Crippen LogP) is 3.47. The van der Waals surface area contributed by atoms with Gasteiger partial charge in [0.05, 0.1) is 0 Å². The van der Waals surface area contributed by atoms with E-state index in [1.807, 2.05) is 0 Å². The zero-order chi connectivity index (χ0) is 10.0. The molecule has 0 unspecified atom stereocenters. The maximum absolute atomic E-state index is 6.52. The van der Waals surface area contributed by atoms with E-state index in [4.69, 9.17) is 5.73 Å². The lowest BCUT2D eigenvalue weighted by molar-refractivity contribution is 0.173. The molecule has 82 valence electrons. The molecule has 0 radical (unpaired) electrons. The third-order valence-corrected chi connectivity index (χ3v) is 4.77. The van der Waals surface area contributed by atoms with Crippen molar-refractivity contribution in [2.45, 2.75) is 70.3 Å². The van der Waals surface area contributed by atoms with Crippen LogP contribution in [0.25, 0.3) is 0 Å². The summed E-state index contributed by atoms with van der Waals surface area (Å²) in [6, 6.07) is 0. The SMILES string of the molecule is CCC1CCC(C2(N)CCCC2)CC1. The zero-order valence-corrected chi connectivity index (χ0v) is 9.60. The first-order chi connectivity index (χ1) is 6.74. The molecular weight excluding hydrogens is 170 g/mol. The monoisotopic (exact) mass is 195 g/mol. The Hall–Kier alpha value is -0.0400. The molecule has 0 spiro atoms. The van der Waals surface area contributed by atoms with Gasteiger partial charge in [-0.15, -0.1) is 0 Å². The van der Waals surface area contributed by atoms with E-state index < -0.39 is 0 Å². The second-order valence-electron chi connectivity index (χ2n) is 5.57. The highest BCUT2D eigenvalue weighted by molar-refractivity contribution is 4.96. The van der Waals surface area contributed by atoms with Crippen molar-refractivity contribution in [2.75, 3.05) is 0 Å². The summed E-state index contributed by atoms with van der Waals surface area (Å²) in [6.07, 6.45) is 12.5. The quantitative estimate of drug-likeness (QED) is 0.717. The van der Waals surface area contributed by atoms with Crippen molar-refractivity contribution < 1.29 is 0 Å². The van der Waals surface area contributed by atoms with Gasteiger partial charge in [0.15, 0.2) is 0 Å². The van der Waals surface area contributed by atoms with Crippen molar-refractivity contribution in [3.05, 3.63) is 0 Å². The molecule has 1 heteroatoms. The number of hydrogen-bond acceptors (Lipinski definition) is 1. The van der Waals surface area contributed by atoms with E-state index >= 15 is 0 Å². The maximum atomic E-state index is 6.52. The molecule has 0 aromatic heterocycles. The highest BCUT2D eigenvalue weighted by Crippen LogP contribution is 2.42. The fourth-order valence-corrected chi connectivity index (χ4v) is 3.59. The normalized spacial score (nSPS) is 37.3. The van der Waals surface area contributed by atoms with Gasteiger partial charge in [0.25, 0.3) is 0 Å². The average Bonchev–Trinajstić information content (AvgIpc) is 2.67. The Morgan fingerprint density at radius 1 is 1.07 bits per heavy atom. The highest BCUT2D eigenvalue weighted by Gasteiger charge is 2.38. The van der Waals surface area contributed by atoms with Crippen LogP contribution in [0, 0.1) is 11.8 Å². The molecule has 1 nitrogen and oxygen atoms in total. The fourth-order valence-electron chi connectivity index (χ4n) is 3.59. The minimum Gasteiger partial charge on any atom is -0.325 e. The second kappa shape index (κ2) is 4.22. The fraction of sp³-hybridized carbons (Fsp3) is 1.00. The van der Waals surface area contributed by atoms with E-state index in [-0.39, 0.29) is 5.54 Å². The summed E-state index contributed by atoms with van der Waals surface area (Å²) < 4.78 is 0. The van der Waals surface area contributed by atoms with Crippen LogP contribution < -0.4 is 5.73 Å². The van der Waals surface area contributed by atoms with Crippen LogP contribution in [0.1, 0.15) is 64.7 Å². The van der Waals surface area contributed by atoms with Gasteiger partial charge in [-0.05, 0) is 37.5 Å². The minimum absolute atomic E-state index is 0.249. The summed E-state index contributed by atoms with van der Waals surface area (Å²) >= 11 is 0. The van der Waals surface area contributed by atoms with E-state index in [1.165, 1.54) is 57.8 Å². The van der Waals surface area contributed by atoms with Crippen LogP contribution in [0.3, 0.4) is 0 Å². The maximum Gasteiger partial charge on any atom is 0.0182 e. The Morgan fingerprint density at radius 2 is 1.64 bits per heavy atom. The molecule has 0 amide bonds. The molecule has 0 aromatic carbocycles. The van der Waals surface area contributed by atoms with Gasteiger partial charge in [0.2, 0.25) is 0 Å². The largest absolute Gasteiger partial charge is 0.325 e. The summed E-state index contributed by atoms with van der Waals surface area (Å²) in [5.41, 5.74) is 6.77. The summed E-state index contributed by atoms with van der Waals surface area (Å²) in [7, 11) is 0. The topological polar surface area (TPSA) is 26.0 Å². The summed E-state index contributed by atoms with van der Waals surface area (Å²) in [5.74, 6) is 1.86. The molecule has 2 aliphatic carbocycles. The van der Waals surface area contributed by atoms with Crippen molar-refractivity contribution in [3.63, 3.8) is 0 Å². The second-order valence-corrected chi connectivity index (χ2v) is 5.57. The van der Waals surface area contributed by atoms with Gasteiger partial charge in [-0.2, -0.15) is 0 Å². The minimum atomic E-state index is 0.249. The third kappa shape index (κ3) is 1.98. The third-order valence-electron chi connectivity index (χ3n) is 4.77. The van der Waals surface area contributed by atoms with Crippen LogP contribution >= 0.6 is 0 Å². The van der Waals surface area contributed by atoms with Crippen LogP contribution in [0.5, 0.6) is 0 Å². The van der Waals surface area contributed by atoms with Gasteiger partial charge in [-0.25, -0.2) is 0 Å². The molecule has 2 N–H and O–H groups in total. The van der Waals surface area contributed by atoms with Crippen molar-refractivity contribution in [1.82, 2.24) is 0 Å². The van der Waals surface area contributed by atoms with E-state index in [0.29, 0.717) is 0 Å². The van der Waals surface area contributed by atoms with E-state index in [9.17, 15) is 0 Å². The van der Waals surface area contributed by atoms with E-state index in [0.717, 1.165) is 11.8 Å². The smallest absolute Gasteiger partial charge is 0.0182 e. The molecule has 2 fully saturated rings. The first-order valence-electron chi connectivity index (χ1n) is 6.53. The van der Waals surface area contributed by atoms with Gasteiger partial charge in [0, 0.05) is 5.54 Å². The van der Waals surface area contributed by atoms with E-state index in [2.05, 4.69) is 6.92 Å². The average molecular weight is 195 g/mol. The van der Waals surface area contributed by atoms with Crippen LogP contribution in [-0.2, 0) is 0 Å². The Labute approximate surface area is 88.4 Å². The molecule has 0 aromatic rings. The molecule has 0 saturated heterocycles. The van der Waals surface area contributed by atoms with E-state index in [1.54, 1.807) is 0 Å². The first kappa shape index (κ1) is 10.5. The van der Waals surface area contributed by atoms with Crippen LogP contribution in [0.2, 0.25) is 0 Å². The summed E-state index contributed by atoms with van der Waals surface area (Å²) in [5, 5.41) is 0. The predicted molar refractivity (Wildman–Crippen MR) is 61.1 cm³/mol. The van der Waals surface area contributed by atoms with Crippen LogP contribution in [-0.4, -0.2) is 5.54 Å². The van der Waals surface area contributed by atoms with Gasteiger partial charge in [-0.3, -0.25) is 0 Å². The van der Waals surface area contributed by atoms with Crippen molar-refractivity contribution in [2.24, 2.45) is 17.6 Å². The van der Waals surface area contributed by atoms with Crippen molar-refractivity contribution in [1.29, 1.82) is 0 Å². The molecular formula is C13H25N. The molecule has 2 aliphatic rings. The highest BCUT2D eigenvalue weighted by atomic mass is 14.8. The molecule has 14 heavy (non-hydrogen) atoms. The lowest BCUT2D eigenvalue weighted by atomic mass is 9.71. The molecule has 2 saturated carbocycles. The summed E-state index contributed by atoms with van der Waals surface area (Å²) in [6.45, 7) is 2.33. The number of hydrogen-bond donors (Lipinski definition) is 1. The van der Waals surface area contributed by atoms with Gasteiger partial charge in [0.1, 0.15) is 0 Å². The van der Waals surface area contributed by atoms with Crippen LogP contribution in [0.15, 0.2) is 0 Å².